The first-order chi connectivity index (χ1) is 17.9. The van der Waals surface area contributed by atoms with Gasteiger partial charge in [-0.2, -0.15) is 0 Å². The summed E-state index contributed by atoms with van der Waals surface area (Å²) in [6.45, 7) is 7.72. The van der Waals surface area contributed by atoms with E-state index < -0.39 is 12.0 Å². The summed E-state index contributed by atoms with van der Waals surface area (Å²) >= 11 is 1.25. The zero-order valence-corrected chi connectivity index (χ0v) is 22.0. The van der Waals surface area contributed by atoms with E-state index in [9.17, 15) is 9.59 Å². The van der Waals surface area contributed by atoms with Gasteiger partial charge < -0.3 is 18.9 Å². The lowest BCUT2D eigenvalue weighted by atomic mass is 9.95. The van der Waals surface area contributed by atoms with Crippen LogP contribution in [0.2, 0.25) is 0 Å². The average molecular weight is 521 g/mol. The Morgan fingerprint density at radius 2 is 1.97 bits per heavy atom. The minimum Gasteiger partial charge on any atom is -0.497 e. The van der Waals surface area contributed by atoms with Crippen LogP contribution >= 0.6 is 11.3 Å². The molecule has 1 atom stereocenters. The Morgan fingerprint density at radius 1 is 1.16 bits per heavy atom. The predicted octanol–water partition coefficient (Wildman–Crippen LogP) is 3.38. The zero-order valence-electron chi connectivity index (χ0n) is 21.1. The van der Waals surface area contributed by atoms with Crippen LogP contribution in [0.4, 0.5) is 0 Å². The summed E-state index contributed by atoms with van der Waals surface area (Å²) in [7, 11) is 3.09. The molecule has 8 nitrogen and oxygen atoms in total. The van der Waals surface area contributed by atoms with Gasteiger partial charge in [-0.1, -0.05) is 36.1 Å². The Bertz CT molecular complexity index is 1550. The van der Waals surface area contributed by atoms with Crippen molar-refractivity contribution in [2.45, 2.75) is 19.9 Å². The number of thiazole rings is 1. The second-order valence-electron chi connectivity index (χ2n) is 8.08. The summed E-state index contributed by atoms with van der Waals surface area (Å²) < 4.78 is 24.0. The van der Waals surface area contributed by atoms with Crippen LogP contribution in [0.3, 0.4) is 0 Å². The molecular formula is C28H28N2O6S. The Labute approximate surface area is 218 Å². The lowest BCUT2D eigenvalue weighted by Crippen LogP contribution is -2.40. The molecule has 0 radical (unpaired) electrons. The second-order valence-corrected chi connectivity index (χ2v) is 9.09. The highest BCUT2D eigenvalue weighted by Gasteiger charge is 2.35. The molecule has 4 rings (SSSR count). The number of benzene rings is 2. The van der Waals surface area contributed by atoms with Crippen LogP contribution in [0.1, 0.15) is 31.0 Å². The molecule has 192 valence electrons. The van der Waals surface area contributed by atoms with E-state index >= 15 is 0 Å². The molecule has 0 spiro atoms. The van der Waals surface area contributed by atoms with Crippen molar-refractivity contribution in [3.05, 3.63) is 97.2 Å². The van der Waals surface area contributed by atoms with Gasteiger partial charge in [0.25, 0.3) is 5.56 Å². The third-order valence-corrected chi connectivity index (χ3v) is 6.76. The van der Waals surface area contributed by atoms with E-state index in [1.54, 1.807) is 51.3 Å². The minimum atomic E-state index is -0.791. The normalized spacial score (nSPS) is 15.0. The lowest BCUT2D eigenvalue weighted by Gasteiger charge is -2.26. The quantitative estimate of drug-likeness (QED) is 0.318. The van der Waals surface area contributed by atoms with E-state index in [2.05, 4.69) is 11.6 Å². The van der Waals surface area contributed by atoms with E-state index in [0.29, 0.717) is 44.4 Å². The molecule has 0 amide bonds. The number of rotatable bonds is 9. The number of allylic oxidation sites excluding steroid dienone is 1. The molecule has 0 unspecified atom stereocenters. The van der Waals surface area contributed by atoms with Crippen molar-refractivity contribution in [2.75, 3.05) is 27.4 Å². The summed E-state index contributed by atoms with van der Waals surface area (Å²) in [6.07, 6.45) is 3.46. The van der Waals surface area contributed by atoms with Crippen molar-refractivity contribution in [3.63, 3.8) is 0 Å². The minimum absolute atomic E-state index is 0.191. The van der Waals surface area contributed by atoms with E-state index in [1.165, 1.54) is 23.0 Å². The Balaban J connectivity index is 1.93. The lowest BCUT2D eigenvalue weighted by molar-refractivity contribution is -0.139. The third kappa shape index (κ3) is 5.22. The standard InChI is InChI=1S/C28H28N2O6S/c1-6-13-36-20-10-8-9-18(14-20)15-23-26(31)30-25(21-12-11-19(33-4)16-22(21)34-5)24(27(32)35-7-2)17(3)29-28(30)37-23/h6,8-12,14-16,25H,1,7,13H2,2-5H3/b23-15-/t25-/m0/s1. The molecule has 3 aromatic rings. The second kappa shape index (κ2) is 11.3. The fraction of sp³-hybridized carbons (Fsp3) is 0.250. The Hall–Kier alpha value is -4.11. The fourth-order valence-electron chi connectivity index (χ4n) is 4.13. The first-order valence-electron chi connectivity index (χ1n) is 11.7. The Kier molecular flexibility index (Phi) is 7.93. The number of carbonyl (C=O) groups is 1. The predicted molar refractivity (Wildman–Crippen MR) is 142 cm³/mol. The van der Waals surface area contributed by atoms with E-state index in [4.69, 9.17) is 18.9 Å². The van der Waals surface area contributed by atoms with Gasteiger partial charge in [0, 0.05) is 11.6 Å². The third-order valence-electron chi connectivity index (χ3n) is 5.78. The van der Waals surface area contributed by atoms with Gasteiger partial charge >= 0.3 is 5.97 Å². The van der Waals surface area contributed by atoms with Gasteiger partial charge in [-0.15, -0.1) is 0 Å². The van der Waals surface area contributed by atoms with E-state index in [0.717, 1.165) is 5.56 Å². The number of hydrogen-bond acceptors (Lipinski definition) is 8. The molecule has 0 saturated heterocycles. The number of methoxy groups -OCH3 is 2. The first kappa shape index (κ1) is 26.0. The number of aromatic nitrogens is 1. The highest BCUT2D eigenvalue weighted by atomic mass is 32.1. The van der Waals surface area contributed by atoms with Crippen molar-refractivity contribution >= 4 is 23.4 Å². The molecule has 0 saturated carbocycles. The molecule has 0 fully saturated rings. The summed E-state index contributed by atoms with van der Waals surface area (Å²) in [5.74, 6) is 1.20. The molecule has 1 aromatic heterocycles. The van der Waals surface area contributed by atoms with Crippen molar-refractivity contribution in [3.8, 4) is 17.2 Å². The van der Waals surface area contributed by atoms with Crippen molar-refractivity contribution in [2.24, 2.45) is 4.99 Å². The monoisotopic (exact) mass is 520 g/mol. The molecule has 0 N–H and O–H groups in total. The first-order valence-corrected chi connectivity index (χ1v) is 12.5. The number of carbonyl (C=O) groups excluding carboxylic acids is 1. The van der Waals surface area contributed by atoms with Gasteiger partial charge in [-0.3, -0.25) is 9.36 Å². The molecule has 0 bridgehead atoms. The molecule has 2 aromatic carbocycles. The van der Waals surface area contributed by atoms with Crippen molar-refractivity contribution < 1.29 is 23.7 Å². The maximum atomic E-state index is 13.8. The Morgan fingerprint density at radius 3 is 2.68 bits per heavy atom. The topological polar surface area (TPSA) is 88.3 Å². The maximum Gasteiger partial charge on any atom is 0.338 e. The molecule has 0 aliphatic carbocycles. The molecule has 1 aliphatic rings. The van der Waals surface area contributed by atoms with Gasteiger partial charge in [0.05, 0.1) is 36.6 Å². The summed E-state index contributed by atoms with van der Waals surface area (Å²) in [5.41, 5.74) is 1.90. The number of ether oxygens (including phenoxy) is 4. The van der Waals surface area contributed by atoms with Crippen LogP contribution in [-0.4, -0.2) is 38.0 Å². The van der Waals surface area contributed by atoms with E-state index in [1.807, 2.05) is 24.3 Å². The van der Waals surface area contributed by atoms with Crippen LogP contribution in [-0.2, 0) is 9.53 Å². The van der Waals surface area contributed by atoms with Crippen molar-refractivity contribution in [1.29, 1.82) is 0 Å². The summed E-state index contributed by atoms with van der Waals surface area (Å²) in [5, 5.41) is 0. The van der Waals surface area contributed by atoms with Gasteiger partial charge in [-0.25, -0.2) is 9.79 Å². The smallest absolute Gasteiger partial charge is 0.338 e. The van der Waals surface area contributed by atoms with E-state index in [-0.39, 0.29) is 17.7 Å². The van der Waals surface area contributed by atoms with Gasteiger partial charge in [0.15, 0.2) is 4.80 Å². The SMILES string of the molecule is C=CCOc1cccc(/C=c2\sc3n(c2=O)[C@@H](c2ccc(OC)cc2OC)C(C(=O)OCC)=C(C)N=3)c1. The highest BCUT2D eigenvalue weighted by Crippen LogP contribution is 2.37. The van der Waals surface area contributed by atoms with Crippen LogP contribution < -0.4 is 29.1 Å². The largest absolute Gasteiger partial charge is 0.497 e. The number of esters is 1. The van der Waals surface area contributed by atoms with Gasteiger partial charge in [0.2, 0.25) is 0 Å². The zero-order chi connectivity index (χ0) is 26.5. The van der Waals surface area contributed by atoms with Crippen LogP contribution in [0, 0.1) is 0 Å². The number of fused-ring (bicyclic) bond motifs is 1. The molecule has 2 heterocycles. The van der Waals surface area contributed by atoms with Crippen LogP contribution in [0.25, 0.3) is 6.08 Å². The summed E-state index contributed by atoms with van der Waals surface area (Å²) in [6, 6.07) is 11.9. The fourth-order valence-corrected chi connectivity index (χ4v) is 5.18. The highest BCUT2D eigenvalue weighted by molar-refractivity contribution is 7.07. The number of hydrogen-bond donors (Lipinski definition) is 0. The van der Waals surface area contributed by atoms with Crippen molar-refractivity contribution in [1.82, 2.24) is 4.57 Å². The van der Waals surface area contributed by atoms with Gasteiger partial charge in [-0.05, 0) is 49.8 Å². The maximum absolute atomic E-state index is 13.8. The number of nitrogens with zero attached hydrogens (tertiary/aromatic N) is 2. The molecule has 1 aliphatic heterocycles. The van der Waals surface area contributed by atoms with Crippen LogP contribution in [0.5, 0.6) is 17.2 Å². The average Bonchev–Trinajstić information content (AvgIpc) is 3.20. The van der Waals surface area contributed by atoms with Gasteiger partial charge in [0.1, 0.15) is 29.9 Å². The molecule has 9 heteroatoms. The summed E-state index contributed by atoms with van der Waals surface area (Å²) in [4.78, 5) is 32.0. The van der Waals surface area contributed by atoms with Crippen LogP contribution in [0.15, 0.2) is 76.2 Å². The molecular weight excluding hydrogens is 492 g/mol. The molecule has 37 heavy (non-hydrogen) atoms.